The first-order chi connectivity index (χ1) is 19.9. The number of ether oxygens (including phenoxy) is 2. The quantitative estimate of drug-likeness (QED) is 0.186. The molecular weight excluding hydrogens is 577 g/mol. The van der Waals surface area contributed by atoms with Crippen LogP contribution in [-0.2, 0) is 16.6 Å². The third-order valence-electron chi connectivity index (χ3n) is 6.39. The van der Waals surface area contributed by atoms with Crippen LogP contribution in [0.3, 0.4) is 0 Å². The number of rotatable bonds is 12. The fourth-order valence-electron chi connectivity index (χ4n) is 4.09. The van der Waals surface area contributed by atoms with E-state index in [1.54, 1.807) is 7.05 Å². The highest BCUT2D eigenvalue weighted by Crippen LogP contribution is 2.29. The largest absolute Gasteiger partial charge is 0.483 e. The molecule has 0 spiro atoms. The van der Waals surface area contributed by atoms with E-state index in [9.17, 15) is 9.59 Å². The molecule has 1 aromatic heterocycles. The van der Waals surface area contributed by atoms with Gasteiger partial charge in [-0.3, -0.25) is 9.59 Å². The molecule has 0 aliphatic rings. The van der Waals surface area contributed by atoms with E-state index >= 15 is 0 Å². The number of halogens is 2. The third-order valence-corrected chi connectivity index (χ3v) is 7.30. The molecule has 0 saturated heterocycles. The van der Waals surface area contributed by atoms with Gasteiger partial charge in [0.05, 0.1) is 12.4 Å². The maximum absolute atomic E-state index is 12.4. The summed E-state index contributed by atoms with van der Waals surface area (Å²) in [6, 6.07) is 11.8. The second-order valence-electron chi connectivity index (χ2n) is 10.5. The van der Waals surface area contributed by atoms with Gasteiger partial charge in [-0.2, -0.15) is 10.2 Å². The zero-order valence-corrected chi connectivity index (χ0v) is 26.4. The lowest BCUT2D eigenvalue weighted by atomic mass is 10.0. The van der Waals surface area contributed by atoms with Crippen molar-refractivity contribution in [3.63, 3.8) is 0 Å². The van der Waals surface area contributed by atoms with Gasteiger partial charge < -0.3 is 14.0 Å². The monoisotopic (exact) mass is 613 g/mol. The summed E-state index contributed by atoms with van der Waals surface area (Å²) in [6.07, 6.45) is 2.71. The number of carbonyl (C=O) groups is 2. The number of aromatic nitrogens is 1. The summed E-state index contributed by atoms with van der Waals surface area (Å²) < 4.78 is 13.0. The molecule has 0 atom stereocenters. The van der Waals surface area contributed by atoms with Gasteiger partial charge in [-0.05, 0) is 60.1 Å². The number of hydrogen-bond acceptors (Lipinski definition) is 6. The molecule has 1 heterocycles. The van der Waals surface area contributed by atoms with Crippen molar-refractivity contribution in [1.29, 1.82) is 0 Å². The molecule has 0 aliphatic heterocycles. The van der Waals surface area contributed by atoms with Gasteiger partial charge in [0.25, 0.3) is 11.8 Å². The second kappa shape index (κ2) is 14.9. The number of carbonyl (C=O) groups excluding carboxylic acids is 2. The van der Waals surface area contributed by atoms with Gasteiger partial charge in [0.15, 0.2) is 13.2 Å². The van der Waals surface area contributed by atoms with Crippen LogP contribution in [-0.4, -0.2) is 42.0 Å². The molecule has 0 bridgehead atoms. The van der Waals surface area contributed by atoms with Crippen LogP contribution in [0.5, 0.6) is 11.5 Å². The Kier molecular flexibility index (Phi) is 11.6. The van der Waals surface area contributed by atoms with E-state index in [0.29, 0.717) is 22.6 Å². The van der Waals surface area contributed by atoms with Crippen LogP contribution < -0.4 is 20.3 Å². The van der Waals surface area contributed by atoms with E-state index in [1.165, 1.54) is 17.0 Å². The number of aryl methyl sites for hydroxylation is 2. The predicted molar refractivity (Wildman–Crippen MR) is 168 cm³/mol. The molecule has 3 aromatic rings. The molecule has 2 amide bonds. The first-order valence-corrected chi connectivity index (χ1v) is 14.3. The predicted octanol–water partition coefficient (Wildman–Crippen LogP) is 6.25. The number of amides is 2. The van der Waals surface area contributed by atoms with Crippen LogP contribution in [0.2, 0.25) is 10.3 Å². The van der Waals surface area contributed by atoms with Gasteiger partial charge in [-0.1, -0.05) is 75.2 Å². The minimum Gasteiger partial charge on any atom is -0.483 e. The Bertz CT molecular complexity index is 1390. The van der Waals surface area contributed by atoms with Crippen LogP contribution in [0.25, 0.3) is 0 Å². The van der Waals surface area contributed by atoms with Crippen molar-refractivity contribution >= 4 is 47.4 Å². The van der Waals surface area contributed by atoms with Crippen molar-refractivity contribution in [3.8, 4) is 11.5 Å². The van der Waals surface area contributed by atoms with Gasteiger partial charge >= 0.3 is 0 Å². The summed E-state index contributed by atoms with van der Waals surface area (Å²) in [5, 5.41) is 8.56. The summed E-state index contributed by atoms with van der Waals surface area (Å²) in [5.74, 6) is 0.916. The molecule has 0 saturated carbocycles. The van der Waals surface area contributed by atoms with Gasteiger partial charge in [-0.15, -0.1) is 0 Å². The Hall–Kier alpha value is -3.82. The van der Waals surface area contributed by atoms with E-state index in [2.05, 4.69) is 48.7 Å². The van der Waals surface area contributed by atoms with Crippen molar-refractivity contribution in [2.24, 2.45) is 17.3 Å². The highest BCUT2D eigenvalue weighted by Gasteiger charge is 2.17. The first kappa shape index (κ1) is 32.7. The molecule has 0 radical (unpaired) electrons. The number of hydrazone groups is 2. The lowest BCUT2D eigenvalue weighted by Crippen LogP contribution is -2.25. The minimum absolute atomic E-state index is 0.215. The highest BCUT2D eigenvalue weighted by atomic mass is 35.5. The normalized spacial score (nSPS) is 11.6. The van der Waals surface area contributed by atoms with E-state index in [4.69, 9.17) is 32.7 Å². The molecule has 0 aliphatic carbocycles. The molecule has 0 unspecified atom stereocenters. The zero-order valence-electron chi connectivity index (χ0n) is 24.9. The Morgan fingerprint density at radius 2 is 1.17 bits per heavy atom. The molecule has 0 fully saturated rings. The van der Waals surface area contributed by atoms with E-state index in [-0.39, 0.29) is 35.4 Å². The molecule has 9 nitrogen and oxygen atoms in total. The summed E-state index contributed by atoms with van der Waals surface area (Å²) in [4.78, 5) is 24.8. The first-order valence-electron chi connectivity index (χ1n) is 13.5. The Morgan fingerprint density at radius 1 is 0.786 bits per heavy atom. The number of benzene rings is 2. The molecular formula is C31H37Cl2N5O4. The topological polar surface area (TPSA) is 106 Å². The molecule has 3 rings (SSSR count). The van der Waals surface area contributed by atoms with Crippen molar-refractivity contribution in [1.82, 2.24) is 15.4 Å². The average Bonchev–Trinajstić information content (AvgIpc) is 3.13. The van der Waals surface area contributed by atoms with Gasteiger partial charge in [0, 0.05) is 18.2 Å². The van der Waals surface area contributed by atoms with E-state index in [1.807, 2.05) is 50.2 Å². The Labute approximate surface area is 256 Å². The standard InChI is InChI=1S/C31H37Cl2N5O4/c1-18(2)22-10-8-20(5)12-26(22)41-16-28(39)36-34-14-24-25(31(33)38(7)30(24)32)15-35-37-29(40)17-42-27-13-21(6)9-11-23(27)19(3)4/h8-15,18-19H,16-17H2,1-7H3,(H,36,39)(H,37,40)/b34-14+,35-15+. The van der Waals surface area contributed by atoms with E-state index in [0.717, 1.165) is 22.3 Å². The Balaban J connectivity index is 1.61. The molecule has 224 valence electrons. The summed E-state index contributed by atoms with van der Waals surface area (Å²) >= 11 is 12.9. The van der Waals surface area contributed by atoms with Crippen molar-refractivity contribution < 1.29 is 19.1 Å². The Morgan fingerprint density at radius 3 is 1.52 bits per heavy atom. The molecule has 42 heavy (non-hydrogen) atoms. The second-order valence-corrected chi connectivity index (χ2v) is 11.2. The van der Waals surface area contributed by atoms with Gasteiger partial charge in [0.1, 0.15) is 21.8 Å². The maximum atomic E-state index is 12.4. The highest BCUT2D eigenvalue weighted by molar-refractivity contribution is 6.38. The smallest absolute Gasteiger partial charge is 0.277 e. The number of nitrogens with one attached hydrogen (secondary N) is 2. The van der Waals surface area contributed by atoms with Gasteiger partial charge in [-0.25, -0.2) is 10.9 Å². The molecule has 2 aromatic carbocycles. The zero-order chi connectivity index (χ0) is 31.0. The van der Waals surface area contributed by atoms with Crippen LogP contribution in [0.1, 0.15) is 72.9 Å². The van der Waals surface area contributed by atoms with E-state index < -0.39 is 11.8 Å². The average molecular weight is 615 g/mol. The molecule has 2 N–H and O–H groups in total. The summed E-state index contributed by atoms with van der Waals surface area (Å²) in [6.45, 7) is 11.7. The van der Waals surface area contributed by atoms with Crippen LogP contribution in [0, 0.1) is 13.8 Å². The summed E-state index contributed by atoms with van der Waals surface area (Å²) in [7, 11) is 1.67. The van der Waals surface area contributed by atoms with Crippen LogP contribution in [0.15, 0.2) is 46.6 Å². The van der Waals surface area contributed by atoms with Gasteiger partial charge in [0.2, 0.25) is 0 Å². The van der Waals surface area contributed by atoms with Crippen LogP contribution in [0.4, 0.5) is 0 Å². The van der Waals surface area contributed by atoms with Crippen LogP contribution >= 0.6 is 23.2 Å². The van der Waals surface area contributed by atoms with Crippen molar-refractivity contribution in [2.45, 2.75) is 53.4 Å². The number of hydrogen-bond donors (Lipinski definition) is 2. The lowest BCUT2D eigenvalue weighted by Gasteiger charge is -2.14. The number of nitrogens with zero attached hydrogens (tertiary/aromatic N) is 3. The minimum atomic E-state index is -0.447. The maximum Gasteiger partial charge on any atom is 0.277 e. The summed E-state index contributed by atoms with van der Waals surface area (Å²) in [5.41, 5.74) is 9.78. The fourth-order valence-corrected chi connectivity index (χ4v) is 4.60. The SMILES string of the molecule is Cc1ccc(C(C)C)c(OCC(=O)N/N=C/c2c(/C=N/NC(=O)COc3cc(C)ccc3C(C)C)c(Cl)n(C)c2Cl)c1. The van der Waals surface area contributed by atoms with Crippen molar-refractivity contribution in [3.05, 3.63) is 80.1 Å². The third kappa shape index (κ3) is 8.59. The van der Waals surface area contributed by atoms with Crippen molar-refractivity contribution in [2.75, 3.05) is 13.2 Å². The fraction of sp³-hybridized carbons (Fsp3) is 0.355. The lowest BCUT2D eigenvalue weighted by molar-refractivity contribution is -0.123. The molecule has 11 heteroatoms.